The van der Waals surface area contributed by atoms with Crippen LogP contribution >= 0.6 is 24.4 Å². The van der Waals surface area contributed by atoms with Gasteiger partial charge in [0.15, 0.2) is 9.54 Å². The lowest BCUT2D eigenvalue weighted by Crippen LogP contribution is -2.34. The number of benzene rings is 2. The molecule has 9 nitrogen and oxygen atoms in total. The Hall–Kier alpha value is -3.78. The minimum absolute atomic E-state index is 0.0468. The maximum atomic E-state index is 13.1. The van der Waals surface area contributed by atoms with Gasteiger partial charge in [0, 0.05) is 5.39 Å². The number of nitrogens with zero attached hydrogens (tertiary/aromatic N) is 3. The molecule has 5 N–H and O–H groups in total. The summed E-state index contributed by atoms with van der Waals surface area (Å²) in [5.74, 6) is -1.63. The van der Waals surface area contributed by atoms with Crippen molar-refractivity contribution in [2.24, 2.45) is 0 Å². The third kappa shape index (κ3) is 4.45. The first-order valence-electron chi connectivity index (χ1n) is 8.89. The van der Waals surface area contributed by atoms with Gasteiger partial charge < -0.3 is 0 Å². The number of amides is 2. The fourth-order valence-electron chi connectivity index (χ4n) is 2.83. The van der Waals surface area contributed by atoms with E-state index in [-0.39, 0.29) is 16.7 Å². The quantitative estimate of drug-likeness (QED) is 0.215. The van der Waals surface area contributed by atoms with Gasteiger partial charge in [-0.3, -0.25) is 30.9 Å². The molecule has 0 atom stereocenters. The van der Waals surface area contributed by atoms with E-state index in [0.29, 0.717) is 20.9 Å². The zero-order chi connectivity index (χ0) is 22.9. The van der Waals surface area contributed by atoms with Crippen molar-refractivity contribution >= 4 is 52.9 Å². The number of hydrogen-bond acceptors (Lipinski definition) is 6. The molecule has 164 valence electrons. The van der Waals surface area contributed by atoms with Crippen molar-refractivity contribution in [3.05, 3.63) is 63.9 Å². The van der Waals surface area contributed by atoms with Crippen LogP contribution in [0.5, 0.6) is 0 Å². The van der Waals surface area contributed by atoms with E-state index in [1.54, 1.807) is 34.9 Å². The summed E-state index contributed by atoms with van der Waals surface area (Å²) in [7, 11) is 0. The number of aromatic nitrogens is 5. The molecule has 0 unspecified atom stereocenters. The van der Waals surface area contributed by atoms with Crippen molar-refractivity contribution in [1.82, 2.24) is 30.2 Å². The molecule has 2 amide bonds. The molecule has 2 aromatic carbocycles. The molecule has 0 saturated heterocycles. The number of hydrogen-bond donors (Lipinski definition) is 5. The molecular weight excluding hydrogens is 465 g/mol. The number of nitrogens with one attached hydrogen (secondary N) is 5. The number of halogens is 3. The van der Waals surface area contributed by atoms with Crippen LogP contribution in [0.15, 0.2) is 48.5 Å². The number of para-hydroxylation sites is 1. The molecule has 0 aliphatic carbocycles. The number of fused-ring (bicyclic) bond motifs is 1. The molecule has 0 radical (unpaired) electrons. The number of anilines is 2. The summed E-state index contributed by atoms with van der Waals surface area (Å²) in [6.07, 6.45) is -4.77. The molecule has 0 saturated carbocycles. The normalized spacial score (nSPS) is 11.3. The zero-order valence-corrected chi connectivity index (χ0v) is 17.5. The average molecular weight is 478 g/mol. The second-order valence-corrected chi connectivity index (χ2v) is 7.13. The molecule has 4 aromatic rings. The number of carbonyl (C=O) groups excluding carboxylic acids is 1. The fourth-order valence-corrected chi connectivity index (χ4v) is 3.39. The second kappa shape index (κ2) is 8.39. The molecule has 0 fully saturated rings. The standard InChI is InChI=1S/C18H13F3N8OS2/c19-18(20,21)14-22-12-7-2-1-6-11(12)13(23-14)24-15(30)26-25-9-4-3-5-10(8-9)29-16(31)27-28-17(29)32/h1-8,25H,(H,27,31)(H,28,32)(H2,22,23,24,26,30). The van der Waals surface area contributed by atoms with E-state index in [0.717, 1.165) is 0 Å². The van der Waals surface area contributed by atoms with Crippen LogP contribution < -0.4 is 16.2 Å². The van der Waals surface area contributed by atoms with Crippen LogP contribution in [0.1, 0.15) is 5.82 Å². The van der Waals surface area contributed by atoms with Crippen molar-refractivity contribution in [2.75, 3.05) is 10.7 Å². The molecule has 14 heteroatoms. The highest BCUT2D eigenvalue weighted by molar-refractivity contribution is 7.72. The Labute approximate surface area is 187 Å². The average Bonchev–Trinajstić information content (AvgIpc) is 3.09. The Bertz CT molecular complexity index is 1400. The largest absolute Gasteiger partial charge is 0.451 e. The predicted molar refractivity (Wildman–Crippen MR) is 116 cm³/mol. The van der Waals surface area contributed by atoms with Gasteiger partial charge in [-0.1, -0.05) is 18.2 Å². The number of rotatable bonds is 4. The van der Waals surface area contributed by atoms with Gasteiger partial charge in [-0.2, -0.15) is 13.2 Å². The van der Waals surface area contributed by atoms with Gasteiger partial charge >= 0.3 is 12.2 Å². The number of urea groups is 1. The van der Waals surface area contributed by atoms with Crippen molar-refractivity contribution < 1.29 is 18.0 Å². The lowest BCUT2D eigenvalue weighted by Gasteiger charge is -2.13. The fraction of sp³-hybridized carbons (Fsp3) is 0.0556. The highest BCUT2D eigenvalue weighted by Crippen LogP contribution is 2.30. The van der Waals surface area contributed by atoms with Crippen molar-refractivity contribution in [3.63, 3.8) is 0 Å². The van der Waals surface area contributed by atoms with Crippen LogP contribution in [-0.2, 0) is 6.18 Å². The Balaban J connectivity index is 1.53. The molecule has 0 bridgehead atoms. The Morgan fingerprint density at radius 2 is 1.72 bits per heavy atom. The number of alkyl halides is 3. The minimum Gasteiger partial charge on any atom is -0.297 e. The molecule has 0 spiro atoms. The van der Waals surface area contributed by atoms with Gasteiger partial charge in [0.1, 0.15) is 5.82 Å². The Morgan fingerprint density at radius 3 is 2.44 bits per heavy atom. The van der Waals surface area contributed by atoms with Crippen molar-refractivity contribution in [3.8, 4) is 5.69 Å². The first kappa shape index (κ1) is 21.5. The van der Waals surface area contributed by atoms with E-state index in [4.69, 9.17) is 24.4 Å². The van der Waals surface area contributed by atoms with Gasteiger partial charge in [-0.15, -0.1) is 0 Å². The summed E-state index contributed by atoms with van der Waals surface area (Å²) in [6, 6.07) is 12.0. The highest BCUT2D eigenvalue weighted by Gasteiger charge is 2.35. The van der Waals surface area contributed by atoms with Crippen LogP contribution in [0.3, 0.4) is 0 Å². The van der Waals surface area contributed by atoms with Crippen LogP contribution in [0, 0.1) is 9.54 Å². The second-order valence-electron chi connectivity index (χ2n) is 6.36. The SMILES string of the molecule is O=C(NNc1cccc(-n2c(=S)[nH][nH]c2=S)c1)Nc1nc(C(F)(F)F)nc2ccccc12. The lowest BCUT2D eigenvalue weighted by molar-refractivity contribution is -0.144. The third-order valence-corrected chi connectivity index (χ3v) is 4.77. The molecule has 0 aliphatic heterocycles. The summed E-state index contributed by atoms with van der Waals surface area (Å²) < 4.78 is 41.7. The van der Waals surface area contributed by atoms with Crippen molar-refractivity contribution in [1.29, 1.82) is 0 Å². The predicted octanol–water partition coefficient (Wildman–Crippen LogP) is 4.70. The van der Waals surface area contributed by atoms with Crippen LogP contribution in [-0.4, -0.2) is 30.8 Å². The van der Waals surface area contributed by atoms with Gasteiger partial charge in [0.25, 0.3) is 0 Å². The smallest absolute Gasteiger partial charge is 0.297 e. The Kier molecular flexibility index (Phi) is 5.63. The monoisotopic (exact) mass is 478 g/mol. The lowest BCUT2D eigenvalue weighted by atomic mass is 10.2. The third-order valence-electron chi connectivity index (χ3n) is 4.20. The van der Waals surface area contributed by atoms with Crippen LogP contribution in [0.25, 0.3) is 16.6 Å². The maximum Gasteiger partial charge on any atom is 0.451 e. The summed E-state index contributed by atoms with van der Waals surface area (Å²) in [5.41, 5.74) is 6.17. The zero-order valence-electron chi connectivity index (χ0n) is 15.8. The molecule has 2 aromatic heterocycles. The van der Waals surface area contributed by atoms with Crippen LogP contribution in [0.4, 0.5) is 29.5 Å². The summed E-state index contributed by atoms with van der Waals surface area (Å²) in [5, 5.41) is 8.01. The van der Waals surface area contributed by atoms with Gasteiger partial charge in [0.05, 0.1) is 16.9 Å². The molecule has 2 heterocycles. The first-order valence-corrected chi connectivity index (χ1v) is 9.71. The number of carbonyl (C=O) groups is 1. The van der Waals surface area contributed by atoms with E-state index in [1.807, 2.05) is 0 Å². The summed E-state index contributed by atoms with van der Waals surface area (Å²) in [4.78, 5) is 19.3. The molecule has 0 aliphatic rings. The highest BCUT2D eigenvalue weighted by atomic mass is 32.1. The van der Waals surface area contributed by atoms with Crippen LogP contribution in [0.2, 0.25) is 0 Å². The molecular formula is C18H13F3N8OS2. The molecule has 4 rings (SSSR count). The van der Waals surface area contributed by atoms with E-state index in [2.05, 4.69) is 36.3 Å². The first-order chi connectivity index (χ1) is 15.2. The van der Waals surface area contributed by atoms with E-state index < -0.39 is 18.0 Å². The molecule has 32 heavy (non-hydrogen) atoms. The van der Waals surface area contributed by atoms with Gasteiger partial charge in [-0.25, -0.2) is 14.8 Å². The minimum atomic E-state index is -4.77. The number of H-pyrrole nitrogens is 2. The van der Waals surface area contributed by atoms with E-state index in [9.17, 15) is 18.0 Å². The maximum absolute atomic E-state index is 13.1. The van der Waals surface area contributed by atoms with Gasteiger partial charge in [0.2, 0.25) is 5.82 Å². The van der Waals surface area contributed by atoms with Gasteiger partial charge in [-0.05, 0) is 54.8 Å². The van der Waals surface area contributed by atoms with Crippen molar-refractivity contribution in [2.45, 2.75) is 6.18 Å². The topological polar surface area (TPSA) is 115 Å². The summed E-state index contributed by atoms with van der Waals surface area (Å²) >= 11 is 10.3. The van der Waals surface area contributed by atoms with E-state index in [1.165, 1.54) is 18.2 Å². The number of aromatic amines is 2. The number of hydrazine groups is 1. The summed E-state index contributed by atoms with van der Waals surface area (Å²) in [6.45, 7) is 0. The Morgan fingerprint density at radius 1 is 1.00 bits per heavy atom. The van der Waals surface area contributed by atoms with E-state index >= 15 is 0 Å².